The molecule has 0 saturated heterocycles. The maximum absolute atomic E-state index is 13.0. The average Bonchev–Trinajstić information content (AvgIpc) is 1.87. The number of unbranched alkanes of at least 4 members (excludes halogenated alkanes) is 34. The molecular formula is C74H140O17P2. The Bertz CT molecular complexity index is 1910. The summed E-state index contributed by atoms with van der Waals surface area (Å²) in [4.78, 5) is 72.6. The Hall–Kier alpha value is -2.46. The van der Waals surface area contributed by atoms with E-state index in [2.05, 4.69) is 72.8 Å². The number of allylic oxidation sites excluding steroid dienone is 4. The molecule has 0 aromatic carbocycles. The Morgan fingerprint density at radius 2 is 0.634 bits per heavy atom. The van der Waals surface area contributed by atoms with Crippen molar-refractivity contribution in [1.82, 2.24) is 0 Å². The molecule has 0 radical (unpaired) electrons. The summed E-state index contributed by atoms with van der Waals surface area (Å²) in [5.74, 6) is 0.0821. The number of esters is 4. The molecule has 0 rings (SSSR count). The largest absolute Gasteiger partial charge is 0.472 e. The lowest BCUT2D eigenvalue weighted by Crippen LogP contribution is -2.30. The molecule has 0 aliphatic heterocycles. The zero-order valence-electron chi connectivity index (χ0n) is 60.2. The normalized spacial score (nSPS) is 14.6. The fraction of sp³-hybridized carbons (Fsp3) is 0.892. The molecule has 17 nitrogen and oxygen atoms in total. The lowest BCUT2D eigenvalue weighted by Gasteiger charge is -2.21. The summed E-state index contributed by atoms with van der Waals surface area (Å²) in [6.07, 6.45) is 52.3. The summed E-state index contributed by atoms with van der Waals surface area (Å²) in [6.45, 7) is 11.7. The summed E-state index contributed by atoms with van der Waals surface area (Å²) in [5.41, 5.74) is 0. The third kappa shape index (κ3) is 66.6. The molecule has 0 amide bonds. The smallest absolute Gasteiger partial charge is 0.462 e. The molecule has 0 saturated carbocycles. The molecule has 0 aliphatic carbocycles. The van der Waals surface area contributed by atoms with Crippen molar-refractivity contribution in [2.45, 2.75) is 369 Å². The fourth-order valence-electron chi connectivity index (χ4n) is 10.7. The molecule has 19 heteroatoms. The predicted octanol–water partition coefficient (Wildman–Crippen LogP) is 21.0. The number of hydrogen-bond donors (Lipinski definition) is 3. The van der Waals surface area contributed by atoms with Gasteiger partial charge < -0.3 is 33.8 Å². The third-order valence-electron chi connectivity index (χ3n) is 16.9. The van der Waals surface area contributed by atoms with Crippen LogP contribution in [0, 0.1) is 17.8 Å². The average molecular weight is 1360 g/mol. The van der Waals surface area contributed by atoms with Gasteiger partial charge in [-0.05, 0) is 69.1 Å². The Morgan fingerprint density at radius 3 is 0.957 bits per heavy atom. The van der Waals surface area contributed by atoms with Crippen LogP contribution in [0.25, 0.3) is 0 Å². The first-order valence-corrected chi connectivity index (χ1v) is 40.7. The number of ether oxygens (including phenoxy) is 4. The van der Waals surface area contributed by atoms with Crippen molar-refractivity contribution >= 4 is 39.5 Å². The first kappa shape index (κ1) is 90.5. The lowest BCUT2D eigenvalue weighted by atomic mass is 9.99. The van der Waals surface area contributed by atoms with Gasteiger partial charge in [0.2, 0.25) is 0 Å². The van der Waals surface area contributed by atoms with Crippen LogP contribution in [0.3, 0.4) is 0 Å². The number of phosphoric ester groups is 2. The van der Waals surface area contributed by atoms with Gasteiger partial charge in [-0.1, -0.05) is 297 Å². The Morgan fingerprint density at radius 1 is 0.355 bits per heavy atom. The number of rotatable bonds is 70. The fourth-order valence-corrected chi connectivity index (χ4v) is 12.3. The number of phosphoric acid groups is 2. The molecule has 0 spiro atoms. The Kier molecular flexibility index (Phi) is 62.5. The van der Waals surface area contributed by atoms with E-state index in [1.165, 1.54) is 135 Å². The van der Waals surface area contributed by atoms with E-state index >= 15 is 0 Å². The second-order valence-corrected chi connectivity index (χ2v) is 30.1. The van der Waals surface area contributed by atoms with Gasteiger partial charge in [-0.3, -0.25) is 37.3 Å². The summed E-state index contributed by atoms with van der Waals surface area (Å²) in [6, 6.07) is 0. The van der Waals surface area contributed by atoms with Crippen LogP contribution in [0.2, 0.25) is 0 Å². The van der Waals surface area contributed by atoms with Crippen LogP contribution < -0.4 is 0 Å². The van der Waals surface area contributed by atoms with Crippen LogP contribution in [0.15, 0.2) is 24.3 Å². The van der Waals surface area contributed by atoms with E-state index in [1.807, 2.05) is 0 Å². The van der Waals surface area contributed by atoms with Gasteiger partial charge in [0.05, 0.1) is 26.4 Å². The van der Waals surface area contributed by atoms with Gasteiger partial charge in [0.25, 0.3) is 0 Å². The van der Waals surface area contributed by atoms with Crippen molar-refractivity contribution in [3.05, 3.63) is 24.3 Å². The molecule has 3 N–H and O–H groups in total. The third-order valence-corrected chi connectivity index (χ3v) is 18.8. The minimum absolute atomic E-state index is 0.0972. The summed E-state index contributed by atoms with van der Waals surface area (Å²) >= 11 is 0. The Labute approximate surface area is 567 Å². The topological polar surface area (TPSA) is 237 Å². The quantitative estimate of drug-likeness (QED) is 0.0169. The predicted molar refractivity (Wildman–Crippen MR) is 377 cm³/mol. The van der Waals surface area contributed by atoms with Crippen LogP contribution >= 0.6 is 15.6 Å². The molecule has 0 aromatic rings. The van der Waals surface area contributed by atoms with E-state index in [0.29, 0.717) is 37.5 Å². The second kappa shape index (κ2) is 64.2. The maximum Gasteiger partial charge on any atom is 0.472 e. The highest BCUT2D eigenvalue weighted by Gasteiger charge is 2.30. The maximum atomic E-state index is 13.0. The van der Waals surface area contributed by atoms with Crippen molar-refractivity contribution < 1.29 is 80.2 Å². The molecule has 0 aromatic heterocycles. The van der Waals surface area contributed by atoms with Crippen LogP contribution in [0.4, 0.5) is 0 Å². The summed E-state index contributed by atoms with van der Waals surface area (Å²) < 4.78 is 68.3. The number of carbonyl (C=O) groups excluding carboxylic acids is 4. The molecule has 0 heterocycles. The number of hydrogen-bond acceptors (Lipinski definition) is 15. The lowest BCUT2D eigenvalue weighted by molar-refractivity contribution is -0.161. The molecule has 0 fully saturated rings. The van der Waals surface area contributed by atoms with E-state index in [4.69, 9.17) is 37.0 Å². The van der Waals surface area contributed by atoms with Crippen LogP contribution in [0.5, 0.6) is 0 Å². The molecular weight excluding hydrogens is 1220 g/mol. The van der Waals surface area contributed by atoms with Crippen molar-refractivity contribution in [3.8, 4) is 0 Å². The van der Waals surface area contributed by atoms with Gasteiger partial charge in [0.15, 0.2) is 12.2 Å². The van der Waals surface area contributed by atoms with Crippen molar-refractivity contribution in [2.24, 2.45) is 17.8 Å². The monoisotopic (exact) mass is 1360 g/mol. The molecule has 3 unspecified atom stereocenters. The number of aliphatic hydroxyl groups excluding tert-OH is 1. The zero-order chi connectivity index (χ0) is 68.7. The summed E-state index contributed by atoms with van der Waals surface area (Å²) in [5, 5.41) is 10.6. The van der Waals surface area contributed by atoms with Crippen LogP contribution in [-0.4, -0.2) is 96.7 Å². The molecule has 548 valence electrons. The number of carbonyl (C=O) groups is 4. The van der Waals surface area contributed by atoms with E-state index in [1.54, 1.807) is 0 Å². The highest BCUT2D eigenvalue weighted by Crippen LogP contribution is 2.45. The van der Waals surface area contributed by atoms with E-state index in [0.717, 1.165) is 121 Å². The summed E-state index contributed by atoms with van der Waals surface area (Å²) in [7, 11) is -9.92. The molecule has 93 heavy (non-hydrogen) atoms. The zero-order valence-corrected chi connectivity index (χ0v) is 62.0. The minimum Gasteiger partial charge on any atom is -0.462 e. The van der Waals surface area contributed by atoms with Crippen LogP contribution in [0.1, 0.15) is 350 Å². The number of aliphatic hydroxyl groups is 1. The molecule has 0 bridgehead atoms. The van der Waals surface area contributed by atoms with Gasteiger partial charge in [0.1, 0.15) is 19.3 Å². The van der Waals surface area contributed by atoms with Gasteiger partial charge in [-0.25, -0.2) is 9.13 Å². The van der Waals surface area contributed by atoms with Gasteiger partial charge in [-0.15, -0.1) is 0 Å². The second-order valence-electron chi connectivity index (χ2n) is 27.2. The van der Waals surface area contributed by atoms with E-state index in [-0.39, 0.29) is 25.7 Å². The molecule has 0 aliphatic rings. The SMILES string of the molecule is CCCCCC/C=C\C=C/CCCCCCCC(=O)OC[C@H](COP(=O)(O)OC[C@@H](O)COP(=O)(O)OC[C@@H](COC(=O)CCCCCCCCC(C)C)OC(=O)CCCCCCCCCCCCCCCCC(C)CC)OC(=O)CCCCCCCCCCC(C)C. The van der Waals surface area contributed by atoms with E-state index in [9.17, 15) is 43.2 Å². The minimum atomic E-state index is -4.96. The standard InChI is InChI=1S/C74H140O17P2/c1-8-10-11-12-13-14-15-16-17-21-24-27-33-41-48-55-71(76)84-61-69(91-74(79)58-51-44-35-30-29-31-38-45-52-65(3)4)63-88-92(80,81)86-59-68(75)60-87-93(82,83)89-64-70(62-85-72(77)56-49-42-37-36-39-46-53-66(5)6)90-73(78)57-50-43-34-28-25-22-19-18-20-23-26-32-40-47-54-67(7)9-2/h14-17,65-70,75H,8-13,18-64H2,1-7H3,(H,80,81)(H,82,83)/b15-14-,17-16-/t67?,68-,69-,70-/m1/s1. The Balaban J connectivity index is 5.24. The highest BCUT2D eigenvalue weighted by molar-refractivity contribution is 7.47. The molecule has 6 atom stereocenters. The van der Waals surface area contributed by atoms with E-state index < -0.39 is 97.5 Å². The van der Waals surface area contributed by atoms with Crippen molar-refractivity contribution in [1.29, 1.82) is 0 Å². The van der Waals surface area contributed by atoms with Crippen molar-refractivity contribution in [2.75, 3.05) is 39.6 Å². The van der Waals surface area contributed by atoms with Gasteiger partial charge >= 0.3 is 39.5 Å². The van der Waals surface area contributed by atoms with Crippen LogP contribution in [-0.2, 0) is 65.4 Å². The van der Waals surface area contributed by atoms with Gasteiger partial charge in [0, 0.05) is 25.7 Å². The first-order valence-electron chi connectivity index (χ1n) is 37.7. The van der Waals surface area contributed by atoms with Gasteiger partial charge in [-0.2, -0.15) is 0 Å². The van der Waals surface area contributed by atoms with Crippen molar-refractivity contribution in [3.63, 3.8) is 0 Å². The highest BCUT2D eigenvalue weighted by atomic mass is 31.2. The first-order chi connectivity index (χ1) is 44.8.